The first-order chi connectivity index (χ1) is 15.0. The summed E-state index contributed by atoms with van der Waals surface area (Å²) >= 11 is 3.33. The van der Waals surface area contributed by atoms with E-state index < -0.39 is 18.5 Å². The monoisotopic (exact) mass is 485 g/mol. The lowest BCUT2D eigenvalue weighted by Crippen LogP contribution is -2.28. The Kier molecular flexibility index (Phi) is 7.94. The second kappa shape index (κ2) is 10.9. The van der Waals surface area contributed by atoms with Gasteiger partial charge in [-0.25, -0.2) is 9.48 Å². The average Bonchev–Trinajstić information content (AvgIpc) is 2.78. The zero-order valence-corrected chi connectivity index (χ0v) is 18.9. The summed E-state index contributed by atoms with van der Waals surface area (Å²) in [6, 6.07) is 13.8. The maximum absolute atomic E-state index is 12.7. The predicted molar refractivity (Wildman–Crippen MR) is 123 cm³/mol. The highest BCUT2D eigenvalue weighted by molar-refractivity contribution is 9.10. The van der Waals surface area contributed by atoms with Crippen molar-refractivity contribution >= 4 is 44.3 Å². The highest BCUT2D eigenvalue weighted by Gasteiger charge is 2.19. The number of ether oxygens (including phenoxy) is 1. The van der Waals surface area contributed by atoms with E-state index in [1.165, 1.54) is 4.68 Å². The number of halogens is 1. The van der Waals surface area contributed by atoms with E-state index in [-0.39, 0.29) is 11.3 Å². The summed E-state index contributed by atoms with van der Waals surface area (Å²) in [5.74, 6) is -1.21. The molecule has 0 fully saturated rings. The minimum atomic E-state index is -0.746. The molecule has 0 spiro atoms. The molecule has 0 aliphatic carbocycles. The lowest BCUT2D eigenvalue weighted by Gasteiger charge is -2.11. The molecule has 1 N–H and O–H groups in total. The first-order valence-corrected chi connectivity index (χ1v) is 11.0. The maximum atomic E-state index is 12.7. The fourth-order valence-electron chi connectivity index (χ4n) is 3.16. The Balaban J connectivity index is 1.74. The SMILES string of the molecule is CCCCCCn1nc(C(=O)OCC(=O)Nc2ccc(Br)cc2)c2ccccc2c1=O. The number of amides is 1. The van der Waals surface area contributed by atoms with E-state index in [4.69, 9.17) is 4.74 Å². The molecule has 0 unspecified atom stereocenters. The third kappa shape index (κ3) is 6.01. The zero-order valence-electron chi connectivity index (χ0n) is 17.3. The summed E-state index contributed by atoms with van der Waals surface area (Å²) in [6.45, 7) is 2.08. The van der Waals surface area contributed by atoms with Crippen LogP contribution >= 0.6 is 15.9 Å². The van der Waals surface area contributed by atoms with Crippen molar-refractivity contribution in [3.8, 4) is 0 Å². The van der Waals surface area contributed by atoms with Crippen LogP contribution in [0.1, 0.15) is 43.1 Å². The van der Waals surface area contributed by atoms with Crippen LogP contribution in [0.5, 0.6) is 0 Å². The average molecular weight is 486 g/mol. The van der Waals surface area contributed by atoms with Gasteiger partial charge in [-0.05, 0) is 36.8 Å². The van der Waals surface area contributed by atoms with Crippen LogP contribution in [0.3, 0.4) is 0 Å². The molecule has 0 bridgehead atoms. The Hall–Kier alpha value is -3.00. The van der Waals surface area contributed by atoms with Crippen LogP contribution in [-0.2, 0) is 16.1 Å². The van der Waals surface area contributed by atoms with Crippen molar-refractivity contribution in [2.75, 3.05) is 11.9 Å². The van der Waals surface area contributed by atoms with Crippen LogP contribution in [0.4, 0.5) is 5.69 Å². The van der Waals surface area contributed by atoms with Gasteiger partial charge in [0.1, 0.15) is 0 Å². The number of hydrogen-bond acceptors (Lipinski definition) is 5. The minimum absolute atomic E-state index is 0.0298. The van der Waals surface area contributed by atoms with Crippen LogP contribution in [0, 0.1) is 0 Å². The van der Waals surface area contributed by atoms with Gasteiger partial charge < -0.3 is 10.1 Å². The molecule has 0 saturated heterocycles. The molecule has 0 atom stereocenters. The van der Waals surface area contributed by atoms with E-state index in [0.717, 1.165) is 30.2 Å². The number of nitrogens with zero attached hydrogens (tertiary/aromatic N) is 2. The molecular weight excluding hydrogens is 462 g/mol. The second-order valence-electron chi connectivity index (χ2n) is 7.11. The molecule has 3 rings (SSSR count). The molecule has 1 heterocycles. The van der Waals surface area contributed by atoms with E-state index >= 15 is 0 Å². The number of aromatic nitrogens is 2. The van der Waals surface area contributed by atoms with Crippen molar-refractivity contribution in [1.82, 2.24) is 9.78 Å². The Morgan fingerprint density at radius 2 is 1.74 bits per heavy atom. The van der Waals surface area contributed by atoms with Crippen molar-refractivity contribution < 1.29 is 14.3 Å². The molecule has 7 nitrogen and oxygen atoms in total. The summed E-state index contributed by atoms with van der Waals surface area (Å²) in [6.07, 6.45) is 3.93. The third-order valence-electron chi connectivity index (χ3n) is 4.75. The van der Waals surface area contributed by atoms with E-state index in [1.54, 1.807) is 48.5 Å². The summed E-state index contributed by atoms with van der Waals surface area (Å²) in [5.41, 5.74) is 0.382. The molecule has 31 heavy (non-hydrogen) atoms. The number of fused-ring (bicyclic) bond motifs is 1. The predicted octanol–water partition coefficient (Wildman–Crippen LogP) is 4.53. The normalized spacial score (nSPS) is 10.8. The lowest BCUT2D eigenvalue weighted by molar-refractivity contribution is -0.119. The van der Waals surface area contributed by atoms with Crippen LogP contribution in [0.15, 0.2) is 57.8 Å². The first kappa shape index (κ1) is 22.7. The second-order valence-corrected chi connectivity index (χ2v) is 8.03. The molecule has 0 aliphatic heterocycles. The maximum Gasteiger partial charge on any atom is 0.359 e. The summed E-state index contributed by atoms with van der Waals surface area (Å²) in [4.78, 5) is 37.6. The number of carbonyl (C=O) groups excluding carboxylic acids is 2. The van der Waals surface area contributed by atoms with Crippen LogP contribution < -0.4 is 10.9 Å². The van der Waals surface area contributed by atoms with Crippen molar-refractivity contribution in [3.63, 3.8) is 0 Å². The van der Waals surface area contributed by atoms with Gasteiger partial charge in [0.15, 0.2) is 12.3 Å². The zero-order chi connectivity index (χ0) is 22.2. The van der Waals surface area contributed by atoms with Gasteiger partial charge in [0.2, 0.25) is 0 Å². The largest absolute Gasteiger partial charge is 0.451 e. The molecular formula is C23H24BrN3O4. The molecule has 0 radical (unpaired) electrons. The van der Waals surface area contributed by atoms with Crippen LogP contribution in [0.2, 0.25) is 0 Å². The number of nitrogens with one attached hydrogen (secondary N) is 1. The number of esters is 1. The van der Waals surface area contributed by atoms with Gasteiger partial charge in [-0.15, -0.1) is 0 Å². The molecule has 2 aromatic carbocycles. The van der Waals surface area contributed by atoms with Gasteiger partial charge in [-0.1, -0.05) is 60.3 Å². The van der Waals surface area contributed by atoms with Gasteiger partial charge in [0, 0.05) is 22.1 Å². The van der Waals surface area contributed by atoms with Crippen LogP contribution in [-0.4, -0.2) is 28.3 Å². The standard InChI is InChI=1S/C23H24BrN3O4/c1-2-3-4-7-14-27-22(29)19-9-6-5-8-18(19)21(26-27)23(30)31-15-20(28)25-17-12-10-16(24)11-13-17/h5-6,8-13H,2-4,7,14-15H2,1H3,(H,25,28). The number of benzene rings is 2. The number of rotatable bonds is 9. The first-order valence-electron chi connectivity index (χ1n) is 10.2. The van der Waals surface area contributed by atoms with Crippen molar-refractivity contribution in [3.05, 3.63) is 69.1 Å². The van der Waals surface area contributed by atoms with Gasteiger partial charge in [-0.2, -0.15) is 5.10 Å². The fraction of sp³-hybridized carbons (Fsp3) is 0.304. The molecule has 1 aromatic heterocycles. The minimum Gasteiger partial charge on any atom is -0.451 e. The lowest BCUT2D eigenvalue weighted by atomic mass is 10.1. The number of anilines is 1. The third-order valence-corrected chi connectivity index (χ3v) is 5.28. The van der Waals surface area contributed by atoms with Crippen molar-refractivity contribution in [2.24, 2.45) is 0 Å². The van der Waals surface area contributed by atoms with Gasteiger partial charge in [0.05, 0.1) is 5.39 Å². The Morgan fingerprint density at radius 1 is 1.03 bits per heavy atom. The Morgan fingerprint density at radius 3 is 2.45 bits per heavy atom. The molecule has 0 aliphatic rings. The number of aryl methyl sites for hydroxylation is 1. The molecule has 8 heteroatoms. The summed E-state index contributed by atoms with van der Waals surface area (Å²) in [5, 5.41) is 7.74. The highest BCUT2D eigenvalue weighted by Crippen LogP contribution is 2.16. The highest BCUT2D eigenvalue weighted by atomic mass is 79.9. The Labute approximate surface area is 188 Å². The van der Waals surface area contributed by atoms with Gasteiger partial charge in [0.25, 0.3) is 11.5 Å². The molecule has 3 aromatic rings. The van der Waals surface area contributed by atoms with E-state index in [2.05, 4.69) is 33.3 Å². The van der Waals surface area contributed by atoms with E-state index in [1.807, 2.05) is 0 Å². The smallest absolute Gasteiger partial charge is 0.359 e. The Bertz CT molecular complexity index is 1130. The molecule has 1 amide bonds. The molecule has 162 valence electrons. The molecule has 0 saturated carbocycles. The van der Waals surface area contributed by atoms with Gasteiger partial charge in [-0.3, -0.25) is 9.59 Å². The fourth-order valence-corrected chi connectivity index (χ4v) is 3.42. The number of hydrogen-bond donors (Lipinski definition) is 1. The number of unbranched alkanes of at least 4 members (excludes halogenated alkanes) is 3. The number of carbonyl (C=O) groups is 2. The van der Waals surface area contributed by atoms with E-state index in [0.29, 0.717) is 23.0 Å². The summed E-state index contributed by atoms with van der Waals surface area (Å²) in [7, 11) is 0. The van der Waals surface area contributed by atoms with Gasteiger partial charge >= 0.3 is 5.97 Å². The van der Waals surface area contributed by atoms with Crippen molar-refractivity contribution in [1.29, 1.82) is 0 Å². The van der Waals surface area contributed by atoms with Crippen LogP contribution in [0.25, 0.3) is 10.8 Å². The summed E-state index contributed by atoms with van der Waals surface area (Å²) < 4.78 is 7.40. The van der Waals surface area contributed by atoms with Crippen molar-refractivity contribution in [2.45, 2.75) is 39.2 Å². The quantitative estimate of drug-likeness (QED) is 0.355. The van der Waals surface area contributed by atoms with E-state index in [9.17, 15) is 14.4 Å². The topological polar surface area (TPSA) is 90.3 Å².